The molecule has 0 bridgehead atoms. The van der Waals surface area contributed by atoms with Crippen molar-refractivity contribution < 1.29 is 25.0 Å². The van der Waals surface area contributed by atoms with Crippen LogP contribution in [0.3, 0.4) is 0 Å². The molecule has 0 rings (SSSR count). The van der Waals surface area contributed by atoms with Crippen LogP contribution < -0.4 is 5.48 Å². The average molecular weight is 261 g/mol. The lowest BCUT2D eigenvalue weighted by molar-refractivity contribution is -0.146. The zero-order valence-electron chi connectivity index (χ0n) is 11.1. The minimum atomic E-state index is -1.09. The number of hydrogen-bond acceptors (Lipinski definition) is 5. The maximum Gasteiger partial charge on any atom is 0.275 e. The van der Waals surface area contributed by atoms with E-state index in [1.807, 2.05) is 26.0 Å². The van der Waals surface area contributed by atoms with Crippen molar-refractivity contribution in [2.24, 2.45) is 5.41 Å². The summed E-state index contributed by atoms with van der Waals surface area (Å²) in [5.74, 6) is -0.773. The highest BCUT2D eigenvalue weighted by molar-refractivity contribution is 5.80. The highest BCUT2D eigenvalue weighted by atomic mass is 16.5. The maximum atomic E-state index is 11.1. The van der Waals surface area contributed by atoms with Crippen LogP contribution in [0.1, 0.15) is 26.7 Å². The summed E-state index contributed by atoms with van der Waals surface area (Å²) >= 11 is 0. The zero-order valence-corrected chi connectivity index (χ0v) is 11.1. The number of amides is 1. The third-order valence-corrected chi connectivity index (χ3v) is 2.58. The van der Waals surface area contributed by atoms with Gasteiger partial charge in [-0.1, -0.05) is 26.0 Å². The van der Waals surface area contributed by atoms with Crippen LogP contribution in [0.2, 0.25) is 0 Å². The van der Waals surface area contributed by atoms with Crippen LogP contribution >= 0.6 is 0 Å². The number of methoxy groups -OCH3 is 1. The molecule has 0 aliphatic carbocycles. The molecule has 0 aliphatic heterocycles. The molecule has 0 spiro atoms. The quantitative estimate of drug-likeness (QED) is 0.285. The first kappa shape index (κ1) is 17.1. The fraction of sp³-hybridized carbons (Fsp3) is 0.750. The molecule has 0 aromatic rings. The van der Waals surface area contributed by atoms with E-state index in [9.17, 15) is 9.90 Å². The Bertz CT molecular complexity index is 278. The van der Waals surface area contributed by atoms with Crippen molar-refractivity contribution in [3.63, 3.8) is 0 Å². The van der Waals surface area contributed by atoms with E-state index in [1.54, 1.807) is 0 Å². The molecule has 0 radical (unpaired) electrons. The molecular weight excluding hydrogens is 238 g/mol. The molecule has 6 nitrogen and oxygen atoms in total. The molecule has 0 aromatic heterocycles. The Morgan fingerprint density at radius 2 is 2.11 bits per heavy atom. The average Bonchev–Trinajstić information content (AvgIpc) is 2.35. The number of aliphatic hydroxyl groups excluding tert-OH is 2. The van der Waals surface area contributed by atoms with Crippen molar-refractivity contribution in [2.45, 2.75) is 38.9 Å². The van der Waals surface area contributed by atoms with Gasteiger partial charge >= 0.3 is 0 Å². The molecule has 4 N–H and O–H groups in total. The predicted molar refractivity (Wildman–Crippen MR) is 66.0 cm³/mol. The summed E-state index contributed by atoms with van der Waals surface area (Å²) in [7, 11) is 1.29. The number of aliphatic hydroxyl groups is 2. The number of nitrogens with one attached hydrogen (secondary N) is 1. The largest absolute Gasteiger partial charge is 0.395 e. The summed E-state index contributed by atoms with van der Waals surface area (Å²) in [5, 5.41) is 27.2. The minimum Gasteiger partial charge on any atom is -0.395 e. The third kappa shape index (κ3) is 6.11. The Balaban J connectivity index is 4.17. The molecule has 18 heavy (non-hydrogen) atoms. The molecule has 0 aromatic carbocycles. The molecule has 0 aliphatic rings. The van der Waals surface area contributed by atoms with Gasteiger partial charge < -0.3 is 14.9 Å². The Kier molecular flexibility index (Phi) is 7.77. The van der Waals surface area contributed by atoms with Crippen molar-refractivity contribution in [3.05, 3.63) is 12.2 Å². The van der Waals surface area contributed by atoms with E-state index >= 15 is 0 Å². The summed E-state index contributed by atoms with van der Waals surface area (Å²) < 4.78 is 4.80. The van der Waals surface area contributed by atoms with E-state index in [2.05, 4.69) is 0 Å². The van der Waals surface area contributed by atoms with Gasteiger partial charge in [-0.15, -0.1) is 0 Å². The molecule has 0 fully saturated rings. The number of rotatable bonds is 8. The summed E-state index contributed by atoms with van der Waals surface area (Å²) in [5.41, 5.74) is 1.15. The molecule has 2 unspecified atom stereocenters. The van der Waals surface area contributed by atoms with Crippen molar-refractivity contribution in [1.29, 1.82) is 0 Å². The lowest BCUT2D eigenvalue weighted by atomic mass is 9.93. The van der Waals surface area contributed by atoms with E-state index in [0.29, 0.717) is 12.8 Å². The van der Waals surface area contributed by atoms with E-state index in [4.69, 9.17) is 15.1 Å². The molecule has 2 atom stereocenters. The molecule has 0 saturated carbocycles. The van der Waals surface area contributed by atoms with Crippen LogP contribution in [0.15, 0.2) is 12.2 Å². The summed E-state index contributed by atoms with van der Waals surface area (Å²) in [6.45, 7) is 3.81. The Morgan fingerprint density at radius 3 is 2.56 bits per heavy atom. The third-order valence-electron chi connectivity index (χ3n) is 2.58. The van der Waals surface area contributed by atoms with Crippen LogP contribution in [0, 0.1) is 5.41 Å². The summed E-state index contributed by atoms with van der Waals surface area (Å²) in [6, 6.07) is 0. The first-order chi connectivity index (χ1) is 8.37. The highest BCUT2D eigenvalue weighted by Gasteiger charge is 2.25. The number of allylic oxidation sites excluding steroid dienone is 1. The van der Waals surface area contributed by atoms with Gasteiger partial charge in [-0.25, -0.2) is 5.48 Å². The standard InChI is InChI=1S/C12H23NO5/c1-12(2,8-14)7-5-4-6-9(15)10(18-3)11(16)13-17/h5,7,9-10,14-15,17H,4,6,8H2,1-3H3,(H,13,16). The van der Waals surface area contributed by atoms with Gasteiger partial charge in [0.15, 0.2) is 6.10 Å². The van der Waals surface area contributed by atoms with Crippen molar-refractivity contribution in [2.75, 3.05) is 13.7 Å². The number of hydrogen-bond donors (Lipinski definition) is 4. The maximum absolute atomic E-state index is 11.1. The van der Waals surface area contributed by atoms with E-state index < -0.39 is 18.1 Å². The first-order valence-corrected chi connectivity index (χ1v) is 5.81. The molecule has 6 heteroatoms. The van der Waals surface area contributed by atoms with Crippen LogP contribution in [0.25, 0.3) is 0 Å². The lowest BCUT2D eigenvalue weighted by Crippen LogP contribution is -2.42. The molecule has 0 saturated heterocycles. The molecule has 0 heterocycles. The minimum absolute atomic E-state index is 0.0413. The van der Waals surface area contributed by atoms with Gasteiger partial charge in [-0.3, -0.25) is 10.0 Å². The highest BCUT2D eigenvalue weighted by Crippen LogP contribution is 2.16. The second-order valence-corrected chi connectivity index (χ2v) is 4.83. The SMILES string of the molecule is COC(C(=O)NO)C(O)CCC=CC(C)(C)CO. The normalized spacial score (nSPS) is 15.7. The summed E-state index contributed by atoms with van der Waals surface area (Å²) in [6.07, 6.45) is 2.47. The Hall–Kier alpha value is -0.950. The number of hydroxylamine groups is 1. The Labute approximate surface area is 107 Å². The van der Waals surface area contributed by atoms with Gasteiger partial charge in [0.1, 0.15) is 0 Å². The second-order valence-electron chi connectivity index (χ2n) is 4.83. The number of carbonyl (C=O) groups is 1. The van der Waals surface area contributed by atoms with Gasteiger partial charge in [0.05, 0.1) is 12.7 Å². The topological polar surface area (TPSA) is 99.0 Å². The molecule has 1 amide bonds. The van der Waals surface area contributed by atoms with E-state index in [-0.39, 0.29) is 12.0 Å². The molecular formula is C12H23NO5. The van der Waals surface area contributed by atoms with Gasteiger partial charge in [0, 0.05) is 12.5 Å². The predicted octanol–water partition coefficient (Wildman–Crippen LogP) is 0.223. The van der Waals surface area contributed by atoms with Crippen molar-refractivity contribution in [3.8, 4) is 0 Å². The fourth-order valence-corrected chi connectivity index (χ4v) is 1.38. The van der Waals surface area contributed by atoms with E-state index in [0.717, 1.165) is 0 Å². The summed E-state index contributed by atoms with van der Waals surface area (Å²) in [4.78, 5) is 11.1. The van der Waals surface area contributed by atoms with Crippen molar-refractivity contribution >= 4 is 5.91 Å². The smallest absolute Gasteiger partial charge is 0.275 e. The fourth-order valence-electron chi connectivity index (χ4n) is 1.38. The van der Waals surface area contributed by atoms with Gasteiger partial charge in [-0.05, 0) is 12.8 Å². The van der Waals surface area contributed by atoms with Crippen LogP contribution in [0.4, 0.5) is 0 Å². The number of ether oxygens (including phenoxy) is 1. The lowest BCUT2D eigenvalue weighted by Gasteiger charge is -2.19. The first-order valence-electron chi connectivity index (χ1n) is 5.81. The van der Waals surface area contributed by atoms with Crippen LogP contribution in [-0.2, 0) is 9.53 Å². The monoisotopic (exact) mass is 261 g/mol. The van der Waals surface area contributed by atoms with E-state index in [1.165, 1.54) is 12.6 Å². The van der Waals surface area contributed by atoms with Crippen LogP contribution in [0.5, 0.6) is 0 Å². The molecule has 106 valence electrons. The number of carbonyl (C=O) groups excluding carboxylic acids is 1. The second kappa shape index (κ2) is 8.20. The Morgan fingerprint density at radius 1 is 1.50 bits per heavy atom. The van der Waals surface area contributed by atoms with Crippen molar-refractivity contribution in [1.82, 2.24) is 5.48 Å². The zero-order chi connectivity index (χ0) is 14.2. The van der Waals surface area contributed by atoms with Crippen LogP contribution in [-0.4, -0.2) is 47.3 Å². The van der Waals surface area contributed by atoms with Gasteiger partial charge in [0.25, 0.3) is 5.91 Å². The van der Waals surface area contributed by atoms with Gasteiger partial charge in [0.2, 0.25) is 0 Å². The van der Waals surface area contributed by atoms with Gasteiger partial charge in [-0.2, -0.15) is 0 Å².